The van der Waals surface area contributed by atoms with E-state index in [1.54, 1.807) is 7.11 Å². The molecule has 3 fully saturated rings. The number of rotatable bonds is 3. The summed E-state index contributed by atoms with van der Waals surface area (Å²) in [6.45, 7) is 2.72. The minimum absolute atomic E-state index is 0.0172. The summed E-state index contributed by atoms with van der Waals surface area (Å²) in [5, 5.41) is 3.13. The van der Waals surface area contributed by atoms with Crippen LogP contribution in [0.1, 0.15) is 35.6 Å². The second-order valence-electron chi connectivity index (χ2n) is 8.91. The summed E-state index contributed by atoms with van der Waals surface area (Å²) >= 11 is 0. The molecule has 5 atom stereocenters. The molecule has 2 aromatic carbocycles. The van der Waals surface area contributed by atoms with Gasteiger partial charge in [0.2, 0.25) is 11.8 Å². The maximum atomic E-state index is 13.5. The van der Waals surface area contributed by atoms with E-state index in [4.69, 9.17) is 4.74 Å². The summed E-state index contributed by atoms with van der Waals surface area (Å²) in [5.41, 5.74) is 3.68. The van der Waals surface area contributed by atoms with Crippen molar-refractivity contribution >= 4 is 17.5 Å². The van der Waals surface area contributed by atoms with Gasteiger partial charge in [-0.3, -0.25) is 14.5 Å². The highest BCUT2D eigenvalue weighted by Gasteiger charge is 2.79. The summed E-state index contributed by atoms with van der Waals surface area (Å²) in [4.78, 5) is 31.0. The Kier molecular flexibility index (Phi) is 3.64. The Bertz CT molecular complexity index is 1070. The molecule has 6 rings (SSSR count). The van der Waals surface area contributed by atoms with Crippen LogP contribution in [0.2, 0.25) is 0 Å². The van der Waals surface area contributed by atoms with Crippen LogP contribution in [0.5, 0.6) is 5.75 Å². The number of fused-ring (bicyclic) bond motifs is 5. The molecule has 0 aliphatic carbocycles. The van der Waals surface area contributed by atoms with E-state index in [1.165, 1.54) is 5.56 Å². The molecule has 0 spiro atoms. The van der Waals surface area contributed by atoms with Crippen LogP contribution in [0.3, 0.4) is 0 Å². The first-order chi connectivity index (χ1) is 14.6. The van der Waals surface area contributed by atoms with E-state index in [2.05, 4.69) is 16.3 Å². The highest BCUT2D eigenvalue weighted by Crippen LogP contribution is 2.63. The van der Waals surface area contributed by atoms with Gasteiger partial charge in [-0.2, -0.15) is 0 Å². The number of carbonyl (C=O) groups excluding carboxylic acids is 2. The fourth-order valence-corrected chi connectivity index (χ4v) is 6.16. The van der Waals surface area contributed by atoms with Gasteiger partial charge in [-0.1, -0.05) is 29.8 Å². The molecule has 0 saturated carbocycles. The zero-order valence-electron chi connectivity index (χ0n) is 17.2. The van der Waals surface area contributed by atoms with Crippen molar-refractivity contribution in [3.63, 3.8) is 0 Å². The SMILES string of the molecule is COc1cccc2c1CCN1C(=O)C3CCC4(C(=O)Nc5ccc(C)cc5)C(C21)N34. The zero-order chi connectivity index (χ0) is 20.6. The third kappa shape index (κ3) is 2.17. The molecule has 4 aliphatic rings. The summed E-state index contributed by atoms with van der Waals surface area (Å²) < 4.78 is 5.59. The van der Waals surface area contributed by atoms with Gasteiger partial charge >= 0.3 is 0 Å². The highest BCUT2D eigenvalue weighted by atomic mass is 16.5. The van der Waals surface area contributed by atoms with Gasteiger partial charge in [0, 0.05) is 17.8 Å². The van der Waals surface area contributed by atoms with E-state index < -0.39 is 5.54 Å². The number of piperazine rings is 1. The Balaban J connectivity index is 1.39. The first kappa shape index (κ1) is 18.0. The van der Waals surface area contributed by atoms with Crippen molar-refractivity contribution in [3.8, 4) is 5.75 Å². The fourth-order valence-electron chi connectivity index (χ4n) is 6.16. The molecule has 6 heteroatoms. The number of anilines is 1. The maximum Gasteiger partial charge on any atom is 0.246 e. The zero-order valence-corrected chi connectivity index (χ0v) is 17.2. The first-order valence-corrected chi connectivity index (χ1v) is 10.7. The van der Waals surface area contributed by atoms with Crippen molar-refractivity contribution in [1.82, 2.24) is 9.80 Å². The van der Waals surface area contributed by atoms with E-state index in [0.717, 1.165) is 41.8 Å². The second-order valence-corrected chi connectivity index (χ2v) is 8.91. The summed E-state index contributed by atoms with van der Waals surface area (Å²) in [6.07, 6.45) is 2.28. The molecular formula is C24H25N3O3. The van der Waals surface area contributed by atoms with Gasteiger partial charge in [-0.15, -0.1) is 0 Å². The number of hydrogen-bond acceptors (Lipinski definition) is 4. The predicted octanol–water partition coefficient (Wildman–Crippen LogP) is 2.67. The largest absolute Gasteiger partial charge is 0.496 e. The Hall–Kier alpha value is -2.86. The van der Waals surface area contributed by atoms with Crippen molar-refractivity contribution in [2.24, 2.45) is 0 Å². The monoisotopic (exact) mass is 403 g/mol. The highest BCUT2D eigenvalue weighted by molar-refractivity contribution is 6.04. The molecule has 0 bridgehead atoms. The van der Waals surface area contributed by atoms with Crippen LogP contribution in [0.15, 0.2) is 42.5 Å². The number of nitrogens with zero attached hydrogens (tertiary/aromatic N) is 2. The van der Waals surface area contributed by atoms with Crippen LogP contribution in [-0.4, -0.2) is 52.9 Å². The minimum atomic E-state index is -0.595. The topological polar surface area (TPSA) is 61.6 Å². The van der Waals surface area contributed by atoms with E-state index in [1.807, 2.05) is 48.2 Å². The Morgan fingerprint density at radius 1 is 1.20 bits per heavy atom. The Labute approximate surface area is 175 Å². The van der Waals surface area contributed by atoms with E-state index in [9.17, 15) is 9.59 Å². The molecule has 0 radical (unpaired) electrons. The average molecular weight is 403 g/mol. The maximum absolute atomic E-state index is 13.5. The van der Waals surface area contributed by atoms with Crippen molar-refractivity contribution < 1.29 is 14.3 Å². The van der Waals surface area contributed by atoms with Crippen LogP contribution in [-0.2, 0) is 16.0 Å². The van der Waals surface area contributed by atoms with Crippen LogP contribution < -0.4 is 10.1 Å². The lowest BCUT2D eigenvalue weighted by atomic mass is 9.81. The van der Waals surface area contributed by atoms with E-state index >= 15 is 0 Å². The number of methoxy groups -OCH3 is 1. The number of nitrogens with one attached hydrogen (secondary N) is 1. The first-order valence-electron chi connectivity index (χ1n) is 10.7. The molecule has 4 heterocycles. The van der Waals surface area contributed by atoms with Gasteiger partial charge in [0.1, 0.15) is 11.3 Å². The molecule has 4 aliphatic heterocycles. The Morgan fingerprint density at radius 3 is 2.77 bits per heavy atom. The third-order valence-electron chi connectivity index (χ3n) is 7.53. The molecule has 2 amide bonds. The number of carbonyl (C=O) groups is 2. The van der Waals surface area contributed by atoms with Crippen molar-refractivity contribution in [2.75, 3.05) is 19.0 Å². The minimum Gasteiger partial charge on any atom is -0.496 e. The van der Waals surface area contributed by atoms with Gasteiger partial charge < -0.3 is 15.0 Å². The lowest BCUT2D eigenvalue weighted by Gasteiger charge is -2.43. The Morgan fingerprint density at radius 2 is 2.00 bits per heavy atom. The van der Waals surface area contributed by atoms with Crippen molar-refractivity contribution in [3.05, 3.63) is 59.2 Å². The van der Waals surface area contributed by atoms with Crippen LogP contribution in [0, 0.1) is 6.92 Å². The van der Waals surface area contributed by atoms with Crippen molar-refractivity contribution in [2.45, 2.75) is 49.9 Å². The second kappa shape index (κ2) is 6.08. The molecule has 5 unspecified atom stereocenters. The molecule has 154 valence electrons. The van der Waals surface area contributed by atoms with Gasteiger partial charge in [-0.05, 0) is 49.9 Å². The molecule has 0 aromatic heterocycles. The summed E-state index contributed by atoms with van der Waals surface area (Å²) in [6, 6.07) is 13.7. The van der Waals surface area contributed by atoms with Gasteiger partial charge in [0.15, 0.2) is 0 Å². The molecule has 1 N–H and O–H groups in total. The molecular weight excluding hydrogens is 378 g/mol. The molecule has 3 saturated heterocycles. The smallest absolute Gasteiger partial charge is 0.246 e. The van der Waals surface area contributed by atoms with Crippen LogP contribution in [0.25, 0.3) is 0 Å². The van der Waals surface area contributed by atoms with E-state index in [-0.39, 0.29) is 29.9 Å². The third-order valence-corrected chi connectivity index (χ3v) is 7.53. The number of benzene rings is 2. The fraction of sp³-hybridized carbons (Fsp3) is 0.417. The van der Waals surface area contributed by atoms with Gasteiger partial charge in [-0.25, -0.2) is 0 Å². The molecule has 2 aromatic rings. The van der Waals surface area contributed by atoms with E-state index in [0.29, 0.717) is 6.54 Å². The van der Waals surface area contributed by atoms with Crippen molar-refractivity contribution in [1.29, 1.82) is 0 Å². The summed E-state index contributed by atoms with van der Waals surface area (Å²) in [7, 11) is 1.69. The number of ether oxygens (including phenoxy) is 1. The lowest BCUT2D eigenvalue weighted by Crippen LogP contribution is -2.54. The number of aryl methyl sites for hydroxylation is 1. The van der Waals surface area contributed by atoms with Gasteiger partial charge in [0.25, 0.3) is 0 Å². The summed E-state index contributed by atoms with van der Waals surface area (Å²) in [5.74, 6) is 1.07. The standard InChI is InChI=1S/C24H25N3O3/c1-14-6-8-15(9-7-14)25-23(29)24-12-10-18-22(28)26-13-11-16-17(4-3-5-19(16)30-2)20(26)21(24)27(18)24/h3-9,18,20-21H,10-13H2,1-2H3,(H,25,29). The number of amides is 2. The van der Waals surface area contributed by atoms with Crippen LogP contribution in [0.4, 0.5) is 5.69 Å². The quantitative estimate of drug-likeness (QED) is 0.801. The lowest BCUT2D eigenvalue weighted by molar-refractivity contribution is -0.142. The molecule has 30 heavy (non-hydrogen) atoms. The average Bonchev–Trinajstić information content (AvgIpc) is 3.26. The van der Waals surface area contributed by atoms with Crippen LogP contribution >= 0.6 is 0 Å². The normalized spacial score (nSPS) is 32.7. The molecule has 6 nitrogen and oxygen atoms in total. The number of hydrogen-bond donors (Lipinski definition) is 1. The van der Waals surface area contributed by atoms with Gasteiger partial charge in [0.05, 0.1) is 25.2 Å². The predicted molar refractivity (Wildman–Crippen MR) is 112 cm³/mol. The number of piperidine rings is 1.